The van der Waals surface area contributed by atoms with Crippen molar-refractivity contribution in [2.45, 2.75) is 26.4 Å². The van der Waals surface area contributed by atoms with Crippen LogP contribution in [0.25, 0.3) is 17.0 Å². The number of rotatable bonds is 8. The predicted octanol–water partition coefficient (Wildman–Crippen LogP) is 5.84. The summed E-state index contributed by atoms with van der Waals surface area (Å²) in [6.07, 6.45) is 0. The van der Waals surface area contributed by atoms with Crippen LogP contribution in [0.5, 0.6) is 11.5 Å². The van der Waals surface area contributed by atoms with Gasteiger partial charge in [-0.2, -0.15) is 4.98 Å². The zero-order chi connectivity index (χ0) is 25.8. The molecule has 5 rings (SSSR count). The molecule has 188 valence electrons. The van der Waals surface area contributed by atoms with E-state index in [4.69, 9.17) is 19.0 Å². The molecule has 0 saturated carbocycles. The number of urea groups is 1. The highest BCUT2D eigenvalue weighted by Crippen LogP contribution is 2.38. The number of hydrogen-bond donors (Lipinski definition) is 1. The Bertz CT molecular complexity index is 1430. The third-order valence-electron chi connectivity index (χ3n) is 6.26. The van der Waals surface area contributed by atoms with Crippen LogP contribution < -0.4 is 14.8 Å². The molecule has 0 aliphatic carbocycles. The highest BCUT2D eigenvalue weighted by Gasteiger charge is 2.35. The molecule has 4 aromatic rings. The fourth-order valence-electron chi connectivity index (χ4n) is 4.44. The molecule has 2 heterocycles. The second-order valence-corrected chi connectivity index (χ2v) is 8.61. The lowest BCUT2D eigenvalue weighted by Gasteiger charge is -2.35. The van der Waals surface area contributed by atoms with Crippen LogP contribution in [0.1, 0.15) is 36.9 Å². The molecule has 1 aliphatic heterocycles. The molecule has 8 nitrogen and oxygen atoms in total. The largest absolute Gasteiger partial charge is 0.497 e. The van der Waals surface area contributed by atoms with Gasteiger partial charge in [-0.25, -0.2) is 4.79 Å². The van der Waals surface area contributed by atoms with Crippen molar-refractivity contribution >= 4 is 11.6 Å². The lowest BCUT2D eigenvalue weighted by atomic mass is 9.94. The Labute approximate surface area is 215 Å². The monoisotopic (exact) mass is 496 g/mol. The minimum absolute atomic E-state index is 0.204. The van der Waals surface area contributed by atoms with E-state index in [9.17, 15) is 4.79 Å². The topological polar surface area (TPSA) is 89.7 Å². The molecule has 1 N–H and O–H groups in total. The Hall–Kier alpha value is -4.59. The number of nitrogens with zero attached hydrogens (tertiary/aromatic N) is 3. The van der Waals surface area contributed by atoms with Gasteiger partial charge in [-0.1, -0.05) is 59.8 Å². The molecule has 1 atom stereocenters. The van der Waals surface area contributed by atoms with Crippen LogP contribution >= 0.6 is 0 Å². The molecule has 0 bridgehead atoms. The molecule has 1 aliphatic rings. The Morgan fingerprint density at radius 2 is 1.78 bits per heavy atom. The normalized spacial score (nSPS) is 15.5. The summed E-state index contributed by atoms with van der Waals surface area (Å²) in [4.78, 5) is 19.8. The van der Waals surface area contributed by atoms with Crippen LogP contribution in [0, 0.1) is 0 Å². The molecule has 2 amide bonds. The van der Waals surface area contributed by atoms with Crippen LogP contribution in [0.3, 0.4) is 0 Å². The van der Waals surface area contributed by atoms with Crippen molar-refractivity contribution in [1.29, 1.82) is 0 Å². The standard InChI is InChI=1S/C29H28N4O4/c1-4-36-24-15-8-10-20(16-24)18-33-19(2)25(26(30-29(33)34)21-11-6-5-7-12-21)28-31-27(32-37-28)22-13-9-14-23(17-22)35-3/h5-17,26H,4,18H2,1-3H3,(H,30,34). The summed E-state index contributed by atoms with van der Waals surface area (Å²) in [6.45, 7) is 4.78. The van der Waals surface area contributed by atoms with Gasteiger partial charge in [0.1, 0.15) is 11.5 Å². The number of hydrogen-bond acceptors (Lipinski definition) is 6. The van der Waals surface area contributed by atoms with E-state index in [0.717, 1.165) is 33.7 Å². The van der Waals surface area contributed by atoms with E-state index in [1.807, 2.05) is 92.7 Å². The Morgan fingerprint density at radius 1 is 1.00 bits per heavy atom. The number of carbonyl (C=O) groups excluding carboxylic acids is 1. The third kappa shape index (κ3) is 5.04. The molecule has 3 aromatic carbocycles. The van der Waals surface area contributed by atoms with E-state index in [1.165, 1.54) is 0 Å². The van der Waals surface area contributed by atoms with E-state index in [2.05, 4.69) is 10.5 Å². The van der Waals surface area contributed by atoms with Crippen molar-refractivity contribution < 1.29 is 18.8 Å². The first-order valence-corrected chi connectivity index (χ1v) is 12.1. The molecule has 0 spiro atoms. The number of nitrogens with one attached hydrogen (secondary N) is 1. The number of methoxy groups -OCH3 is 1. The fourth-order valence-corrected chi connectivity index (χ4v) is 4.44. The van der Waals surface area contributed by atoms with Crippen LogP contribution in [0.15, 0.2) is 89.1 Å². The van der Waals surface area contributed by atoms with E-state index < -0.39 is 6.04 Å². The molecule has 0 saturated heterocycles. The van der Waals surface area contributed by atoms with E-state index >= 15 is 0 Å². The average molecular weight is 497 g/mol. The van der Waals surface area contributed by atoms with Crippen molar-refractivity contribution in [3.05, 3.63) is 102 Å². The summed E-state index contributed by atoms with van der Waals surface area (Å²) in [5, 5.41) is 7.38. The van der Waals surface area contributed by atoms with Crippen molar-refractivity contribution in [2.24, 2.45) is 0 Å². The van der Waals surface area contributed by atoms with Gasteiger partial charge in [0.15, 0.2) is 0 Å². The number of carbonyl (C=O) groups is 1. The highest BCUT2D eigenvalue weighted by atomic mass is 16.5. The molecule has 0 fully saturated rings. The summed E-state index contributed by atoms with van der Waals surface area (Å²) in [5.41, 5.74) is 4.12. The lowest BCUT2D eigenvalue weighted by molar-refractivity contribution is 0.203. The number of benzene rings is 3. The highest BCUT2D eigenvalue weighted by molar-refractivity contribution is 5.86. The van der Waals surface area contributed by atoms with Crippen LogP contribution in [0.4, 0.5) is 4.79 Å². The SMILES string of the molecule is CCOc1cccc(CN2C(=O)NC(c3ccccc3)C(c3nc(-c4cccc(OC)c4)no3)=C2C)c1. The molecular weight excluding hydrogens is 468 g/mol. The zero-order valence-corrected chi connectivity index (χ0v) is 21.0. The number of amides is 2. The van der Waals surface area contributed by atoms with Crippen LogP contribution in [-0.4, -0.2) is 34.8 Å². The predicted molar refractivity (Wildman–Crippen MR) is 140 cm³/mol. The summed E-state index contributed by atoms with van der Waals surface area (Å²) in [6, 6.07) is 24.3. The van der Waals surface area contributed by atoms with Crippen molar-refractivity contribution in [1.82, 2.24) is 20.4 Å². The number of aromatic nitrogens is 2. The second kappa shape index (κ2) is 10.6. The van der Waals surface area contributed by atoms with E-state index in [-0.39, 0.29) is 6.03 Å². The first-order valence-electron chi connectivity index (χ1n) is 12.1. The van der Waals surface area contributed by atoms with Gasteiger partial charge in [0.2, 0.25) is 5.82 Å². The Morgan fingerprint density at radius 3 is 2.57 bits per heavy atom. The maximum Gasteiger partial charge on any atom is 0.322 e. The number of ether oxygens (including phenoxy) is 2. The molecule has 37 heavy (non-hydrogen) atoms. The van der Waals surface area contributed by atoms with E-state index in [1.54, 1.807) is 12.0 Å². The molecule has 1 unspecified atom stereocenters. The van der Waals surface area contributed by atoms with E-state index in [0.29, 0.717) is 30.6 Å². The lowest BCUT2D eigenvalue weighted by Crippen LogP contribution is -2.45. The van der Waals surface area contributed by atoms with Gasteiger partial charge in [-0.15, -0.1) is 0 Å². The average Bonchev–Trinajstić information content (AvgIpc) is 3.41. The van der Waals surface area contributed by atoms with Gasteiger partial charge >= 0.3 is 6.03 Å². The van der Waals surface area contributed by atoms with Crippen molar-refractivity contribution in [3.8, 4) is 22.9 Å². The first-order chi connectivity index (χ1) is 18.1. The Balaban J connectivity index is 1.56. The maximum atomic E-state index is 13.3. The van der Waals surface area contributed by atoms with Crippen LogP contribution in [0.2, 0.25) is 0 Å². The molecule has 8 heteroatoms. The molecular formula is C29H28N4O4. The fraction of sp³-hybridized carbons (Fsp3) is 0.207. The third-order valence-corrected chi connectivity index (χ3v) is 6.26. The van der Waals surface area contributed by atoms with Crippen LogP contribution in [-0.2, 0) is 6.54 Å². The smallest absolute Gasteiger partial charge is 0.322 e. The number of allylic oxidation sites excluding steroid dienone is 1. The summed E-state index contributed by atoms with van der Waals surface area (Å²) >= 11 is 0. The first kappa shape index (κ1) is 24.1. The van der Waals surface area contributed by atoms with Gasteiger partial charge in [0, 0.05) is 11.3 Å². The molecule has 1 aromatic heterocycles. The van der Waals surface area contributed by atoms with Gasteiger partial charge < -0.3 is 19.3 Å². The maximum absolute atomic E-state index is 13.3. The quantitative estimate of drug-likeness (QED) is 0.330. The van der Waals surface area contributed by atoms with Crippen molar-refractivity contribution in [3.63, 3.8) is 0 Å². The zero-order valence-electron chi connectivity index (χ0n) is 21.0. The van der Waals surface area contributed by atoms with Gasteiger partial charge in [-0.05, 0) is 49.2 Å². The minimum Gasteiger partial charge on any atom is -0.497 e. The second-order valence-electron chi connectivity index (χ2n) is 8.61. The van der Waals surface area contributed by atoms with Gasteiger partial charge in [-0.3, -0.25) is 4.90 Å². The van der Waals surface area contributed by atoms with Crippen molar-refractivity contribution in [2.75, 3.05) is 13.7 Å². The Kier molecular flexibility index (Phi) is 6.89. The summed E-state index contributed by atoms with van der Waals surface area (Å²) < 4.78 is 16.8. The van der Waals surface area contributed by atoms with Gasteiger partial charge in [0.05, 0.1) is 31.9 Å². The minimum atomic E-state index is -0.446. The van der Waals surface area contributed by atoms with Gasteiger partial charge in [0.25, 0.3) is 5.89 Å². The summed E-state index contributed by atoms with van der Waals surface area (Å²) in [7, 11) is 1.61. The summed E-state index contributed by atoms with van der Waals surface area (Å²) in [5.74, 6) is 2.25. The molecule has 0 radical (unpaired) electrons.